The van der Waals surface area contributed by atoms with E-state index in [0.29, 0.717) is 16.5 Å². The normalized spacial score (nSPS) is 12.5. The van der Waals surface area contributed by atoms with E-state index < -0.39 is 16.9 Å². The number of nitrogens with two attached hydrogens (primary N) is 1. The Morgan fingerprint density at radius 1 is 1.58 bits per heavy atom. The second kappa shape index (κ2) is 4.69. The van der Waals surface area contributed by atoms with Gasteiger partial charge in [0.05, 0.1) is 15.8 Å². The van der Waals surface area contributed by atoms with Gasteiger partial charge in [0.25, 0.3) is 5.69 Å². The van der Waals surface area contributed by atoms with Gasteiger partial charge in [-0.1, -0.05) is 0 Å². The standard InChI is InChI=1S/C12H13N3O4/c1-6-2-9-11(10(3-6)15(18)19)7(5-14-9)4-8(13)12(16)17/h2-3,5,8,14H,4,13H2,1H3,(H,16,17). The fourth-order valence-electron chi connectivity index (χ4n) is 2.08. The van der Waals surface area contributed by atoms with Gasteiger partial charge >= 0.3 is 5.97 Å². The third kappa shape index (κ3) is 2.41. The number of nitro groups is 1. The molecule has 2 rings (SSSR count). The Balaban J connectivity index is 2.57. The second-order valence-corrected chi connectivity index (χ2v) is 4.43. The number of aryl methyl sites for hydroxylation is 1. The lowest BCUT2D eigenvalue weighted by Gasteiger charge is -2.05. The van der Waals surface area contributed by atoms with Crippen LogP contribution in [0.15, 0.2) is 18.3 Å². The van der Waals surface area contributed by atoms with E-state index in [1.54, 1.807) is 19.2 Å². The van der Waals surface area contributed by atoms with Gasteiger partial charge in [-0.2, -0.15) is 0 Å². The first-order valence-corrected chi connectivity index (χ1v) is 5.63. The van der Waals surface area contributed by atoms with Crippen LogP contribution < -0.4 is 5.73 Å². The molecule has 7 nitrogen and oxygen atoms in total. The number of aromatic amines is 1. The summed E-state index contributed by atoms with van der Waals surface area (Å²) < 4.78 is 0. The van der Waals surface area contributed by atoms with E-state index in [-0.39, 0.29) is 12.1 Å². The van der Waals surface area contributed by atoms with Crippen molar-refractivity contribution in [2.75, 3.05) is 0 Å². The Hall–Kier alpha value is -2.41. The Bertz CT molecular complexity index is 662. The van der Waals surface area contributed by atoms with E-state index >= 15 is 0 Å². The molecular formula is C12H13N3O4. The van der Waals surface area contributed by atoms with E-state index in [1.807, 2.05) is 0 Å². The monoisotopic (exact) mass is 263 g/mol. The number of fused-ring (bicyclic) bond motifs is 1. The lowest BCUT2D eigenvalue weighted by Crippen LogP contribution is -2.32. The lowest BCUT2D eigenvalue weighted by atomic mass is 10.0. The average molecular weight is 263 g/mol. The van der Waals surface area contributed by atoms with E-state index in [9.17, 15) is 14.9 Å². The van der Waals surface area contributed by atoms with Gasteiger partial charge in [-0.15, -0.1) is 0 Å². The molecule has 4 N–H and O–H groups in total. The molecular weight excluding hydrogens is 250 g/mol. The number of H-pyrrole nitrogens is 1. The number of hydrogen-bond acceptors (Lipinski definition) is 4. The molecule has 19 heavy (non-hydrogen) atoms. The van der Waals surface area contributed by atoms with Crippen molar-refractivity contribution in [1.82, 2.24) is 4.98 Å². The van der Waals surface area contributed by atoms with Crippen LogP contribution in [-0.4, -0.2) is 27.0 Å². The summed E-state index contributed by atoms with van der Waals surface area (Å²) in [6, 6.07) is 2.16. The van der Waals surface area contributed by atoms with E-state index in [1.165, 1.54) is 6.07 Å². The highest BCUT2D eigenvalue weighted by atomic mass is 16.6. The highest BCUT2D eigenvalue weighted by molar-refractivity contribution is 5.93. The number of carboxylic acids is 1. The molecule has 1 aromatic heterocycles. The number of nitrogens with zero attached hydrogens (tertiary/aromatic N) is 1. The molecule has 0 amide bonds. The maximum atomic E-state index is 11.1. The first kappa shape index (κ1) is 13.0. The van der Waals surface area contributed by atoms with Crippen molar-refractivity contribution in [3.05, 3.63) is 39.6 Å². The van der Waals surface area contributed by atoms with Gasteiger partial charge in [0, 0.05) is 18.7 Å². The van der Waals surface area contributed by atoms with Crippen molar-refractivity contribution in [3.8, 4) is 0 Å². The molecule has 0 bridgehead atoms. The highest BCUT2D eigenvalue weighted by Crippen LogP contribution is 2.30. The molecule has 1 unspecified atom stereocenters. The van der Waals surface area contributed by atoms with E-state index in [0.717, 1.165) is 5.56 Å². The minimum atomic E-state index is -1.14. The van der Waals surface area contributed by atoms with Crippen LogP contribution in [0.5, 0.6) is 0 Å². The fraction of sp³-hybridized carbons (Fsp3) is 0.250. The smallest absolute Gasteiger partial charge is 0.320 e. The molecule has 1 atom stereocenters. The zero-order chi connectivity index (χ0) is 14.2. The molecule has 0 saturated heterocycles. The Kier molecular flexibility index (Phi) is 3.22. The first-order chi connectivity index (χ1) is 8.90. The third-order valence-corrected chi connectivity index (χ3v) is 2.94. The summed E-state index contributed by atoms with van der Waals surface area (Å²) in [5, 5.41) is 20.3. The van der Waals surface area contributed by atoms with Crippen LogP contribution >= 0.6 is 0 Å². The van der Waals surface area contributed by atoms with Crippen molar-refractivity contribution < 1.29 is 14.8 Å². The summed E-state index contributed by atoms with van der Waals surface area (Å²) in [6.45, 7) is 1.76. The molecule has 0 fully saturated rings. The van der Waals surface area contributed by atoms with Crippen LogP contribution in [0, 0.1) is 17.0 Å². The molecule has 0 radical (unpaired) electrons. The molecule has 100 valence electrons. The largest absolute Gasteiger partial charge is 0.480 e. The average Bonchev–Trinajstić information content (AvgIpc) is 2.70. The summed E-state index contributed by atoms with van der Waals surface area (Å²) >= 11 is 0. The molecule has 0 spiro atoms. The van der Waals surface area contributed by atoms with E-state index in [2.05, 4.69) is 4.98 Å². The molecule has 1 heterocycles. The van der Waals surface area contributed by atoms with E-state index in [4.69, 9.17) is 10.8 Å². The van der Waals surface area contributed by atoms with Gasteiger partial charge < -0.3 is 15.8 Å². The molecule has 0 aliphatic carbocycles. The Morgan fingerprint density at radius 3 is 2.84 bits per heavy atom. The van der Waals surface area contributed by atoms with Crippen molar-refractivity contribution in [2.24, 2.45) is 5.73 Å². The fourth-order valence-corrected chi connectivity index (χ4v) is 2.08. The second-order valence-electron chi connectivity index (χ2n) is 4.43. The quantitative estimate of drug-likeness (QED) is 0.567. The maximum Gasteiger partial charge on any atom is 0.320 e. The predicted octanol–water partition coefficient (Wildman–Crippen LogP) is 1.34. The summed E-state index contributed by atoms with van der Waals surface area (Å²) in [4.78, 5) is 24.3. The van der Waals surface area contributed by atoms with Gasteiger partial charge in [0.2, 0.25) is 0 Å². The molecule has 1 aromatic carbocycles. The van der Waals surface area contributed by atoms with Crippen LogP contribution in [0.4, 0.5) is 5.69 Å². The Labute approximate surface area is 108 Å². The Morgan fingerprint density at radius 2 is 2.26 bits per heavy atom. The van der Waals surface area contributed by atoms with Gasteiger partial charge in [-0.25, -0.2) is 0 Å². The SMILES string of the molecule is Cc1cc([N+](=O)[O-])c2c(CC(N)C(=O)O)c[nH]c2c1. The van der Waals surface area contributed by atoms with Crippen molar-refractivity contribution >= 4 is 22.6 Å². The van der Waals surface area contributed by atoms with Crippen molar-refractivity contribution in [3.63, 3.8) is 0 Å². The topological polar surface area (TPSA) is 122 Å². The molecule has 0 saturated carbocycles. The number of non-ortho nitro benzene ring substituents is 1. The number of benzene rings is 1. The lowest BCUT2D eigenvalue weighted by molar-refractivity contribution is -0.383. The number of nitrogens with one attached hydrogen (secondary N) is 1. The van der Waals surface area contributed by atoms with Crippen molar-refractivity contribution in [2.45, 2.75) is 19.4 Å². The van der Waals surface area contributed by atoms with Crippen LogP contribution in [0.25, 0.3) is 10.9 Å². The predicted molar refractivity (Wildman–Crippen MR) is 69.0 cm³/mol. The highest BCUT2D eigenvalue weighted by Gasteiger charge is 2.21. The summed E-state index contributed by atoms with van der Waals surface area (Å²) in [6.07, 6.45) is 1.61. The first-order valence-electron chi connectivity index (χ1n) is 5.63. The molecule has 7 heteroatoms. The number of hydrogen-bond donors (Lipinski definition) is 3. The summed E-state index contributed by atoms with van der Waals surface area (Å²) in [5.41, 5.74) is 7.34. The summed E-state index contributed by atoms with van der Waals surface area (Å²) in [5.74, 6) is -1.14. The number of aliphatic carboxylic acids is 1. The number of nitro benzene ring substituents is 1. The van der Waals surface area contributed by atoms with Gasteiger partial charge in [-0.3, -0.25) is 14.9 Å². The minimum absolute atomic E-state index is 0.0381. The van der Waals surface area contributed by atoms with Gasteiger partial charge in [-0.05, 0) is 24.1 Å². The summed E-state index contributed by atoms with van der Waals surface area (Å²) in [7, 11) is 0. The van der Waals surface area contributed by atoms with Gasteiger partial charge in [0.1, 0.15) is 6.04 Å². The van der Waals surface area contributed by atoms with Crippen LogP contribution in [-0.2, 0) is 11.2 Å². The third-order valence-electron chi connectivity index (χ3n) is 2.94. The number of aromatic nitrogens is 1. The number of rotatable bonds is 4. The van der Waals surface area contributed by atoms with Crippen LogP contribution in [0.3, 0.4) is 0 Å². The molecule has 0 aliphatic rings. The maximum absolute atomic E-state index is 11.1. The minimum Gasteiger partial charge on any atom is -0.480 e. The molecule has 0 aliphatic heterocycles. The number of carbonyl (C=O) groups is 1. The van der Waals surface area contributed by atoms with Crippen molar-refractivity contribution in [1.29, 1.82) is 0 Å². The zero-order valence-electron chi connectivity index (χ0n) is 10.2. The van der Waals surface area contributed by atoms with Gasteiger partial charge in [0.15, 0.2) is 0 Å². The molecule has 2 aromatic rings. The van der Waals surface area contributed by atoms with Crippen LogP contribution in [0.2, 0.25) is 0 Å². The van der Waals surface area contributed by atoms with Crippen LogP contribution in [0.1, 0.15) is 11.1 Å². The zero-order valence-corrected chi connectivity index (χ0v) is 10.2. The number of carboxylic acid groups (broad SMARTS) is 1.